The summed E-state index contributed by atoms with van der Waals surface area (Å²) in [6, 6.07) is 0. The number of rotatable bonds is 3. The summed E-state index contributed by atoms with van der Waals surface area (Å²) < 4.78 is 7.83. The van der Waals surface area contributed by atoms with Crippen LogP contribution >= 0.6 is 0 Å². The van der Waals surface area contributed by atoms with Gasteiger partial charge in [0.1, 0.15) is 6.33 Å². The predicted molar refractivity (Wildman–Crippen MR) is 80.4 cm³/mol. The van der Waals surface area contributed by atoms with Crippen LogP contribution in [0.4, 0.5) is 5.82 Å². The van der Waals surface area contributed by atoms with Crippen molar-refractivity contribution < 1.29 is 4.74 Å². The Morgan fingerprint density at radius 3 is 2.81 bits per heavy atom. The maximum atomic E-state index is 5.72. The van der Waals surface area contributed by atoms with E-state index >= 15 is 0 Å². The molecule has 4 heterocycles. The van der Waals surface area contributed by atoms with Crippen LogP contribution in [-0.4, -0.2) is 45.3 Å². The maximum absolute atomic E-state index is 5.72. The Balaban J connectivity index is 1.65. The highest BCUT2D eigenvalue weighted by molar-refractivity contribution is 5.83. The molecule has 0 amide bonds. The molecule has 6 heteroatoms. The lowest BCUT2D eigenvalue weighted by Gasteiger charge is -2.27. The van der Waals surface area contributed by atoms with Crippen LogP contribution in [0, 0.1) is 0 Å². The molecule has 0 aliphatic carbocycles. The zero-order valence-corrected chi connectivity index (χ0v) is 12.2. The molecule has 4 rings (SSSR count). The van der Waals surface area contributed by atoms with Gasteiger partial charge in [-0.2, -0.15) is 0 Å². The number of nitrogens with zero attached hydrogens (tertiary/aromatic N) is 5. The molecule has 0 saturated carbocycles. The summed E-state index contributed by atoms with van der Waals surface area (Å²) in [5, 5.41) is 0. The Labute approximate surface area is 124 Å². The molecule has 0 radical (unpaired) electrons. The van der Waals surface area contributed by atoms with Gasteiger partial charge in [-0.25, -0.2) is 15.0 Å². The molecule has 2 fully saturated rings. The zero-order valence-electron chi connectivity index (χ0n) is 12.2. The van der Waals surface area contributed by atoms with E-state index in [4.69, 9.17) is 4.74 Å². The largest absolute Gasteiger partial charge is 0.376 e. The molecule has 0 aromatic carbocycles. The van der Waals surface area contributed by atoms with Gasteiger partial charge < -0.3 is 14.2 Å². The Morgan fingerprint density at radius 1 is 1.10 bits per heavy atom. The lowest BCUT2D eigenvalue weighted by Crippen LogP contribution is -2.30. The average molecular weight is 287 g/mol. The Kier molecular flexibility index (Phi) is 3.47. The number of anilines is 1. The van der Waals surface area contributed by atoms with Gasteiger partial charge in [0.15, 0.2) is 17.0 Å². The van der Waals surface area contributed by atoms with Crippen molar-refractivity contribution in [2.24, 2.45) is 0 Å². The van der Waals surface area contributed by atoms with Gasteiger partial charge in [-0.1, -0.05) is 0 Å². The van der Waals surface area contributed by atoms with Gasteiger partial charge in [0.2, 0.25) is 0 Å². The summed E-state index contributed by atoms with van der Waals surface area (Å²) in [5.41, 5.74) is 1.86. The smallest absolute Gasteiger partial charge is 0.165 e. The Hall–Kier alpha value is -1.69. The van der Waals surface area contributed by atoms with Crippen LogP contribution in [0.2, 0.25) is 0 Å². The van der Waals surface area contributed by atoms with Gasteiger partial charge in [0.05, 0.1) is 19.0 Å². The molecule has 21 heavy (non-hydrogen) atoms. The highest BCUT2D eigenvalue weighted by Crippen LogP contribution is 2.25. The minimum atomic E-state index is 0.302. The van der Waals surface area contributed by atoms with E-state index in [-0.39, 0.29) is 0 Å². The summed E-state index contributed by atoms with van der Waals surface area (Å²) in [5.74, 6) is 0.991. The van der Waals surface area contributed by atoms with Gasteiger partial charge in [-0.3, -0.25) is 0 Å². The molecule has 1 atom stereocenters. The number of fused-ring (bicyclic) bond motifs is 1. The van der Waals surface area contributed by atoms with E-state index in [1.54, 1.807) is 6.33 Å². The highest BCUT2D eigenvalue weighted by atomic mass is 16.5. The van der Waals surface area contributed by atoms with Crippen LogP contribution in [0.3, 0.4) is 0 Å². The second-order valence-electron chi connectivity index (χ2n) is 5.95. The van der Waals surface area contributed by atoms with E-state index in [2.05, 4.69) is 24.4 Å². The fourth-order valence-corrected chi connectivity index (χ4v) is 3.35. The van der Waals surface area contributed by atoms with E-state index in [0.29, 0.717) is 6.10 Å². The van der Waals surface area contributed by atoms with Crippen LogP contribution in [0.5, 0.6) is 0 Å². The Bertz CT molecular complexity index is 614. The molecule has 2 aliphatic rings. The molecule has 0 spiro atoms. The topological polar surface area (TPSA) is 56.1 Å². The van der Waals surface area contributed by atoms with E-state index in [0.717, 1.165) is 56.1 Å². The van der Waals surface area contributed by atoms with Crippen LogP contribution < -0.4 is 4.90 Å². The molecule has 6 nitrogen and oxygen atoms in total. The van der Waals surface area contributed by atoms with Gasteiger partial charge in [0.25, 0.3) is 0 Å². The normalized spacial score (nSPS) is 23.0. The summed E-state index contributed by atoms with van der Waals surface area (Å²) in [6.07, 6.45) is 9.93. The average Bonchev–Trinajstić information content (AvgIpc) is 3.19. The van der Waals surface area contributed by atoms with Crippen LogP contribution in [0.1, 0.15) is 32.1 Å². The first-order valence-electron chi connectivity index (χ1n) is 7.94. The predicted octanol–water partition coefficient (Wildman–Crippen LogP) is 2.00. The molecule has 2 saturated heterocycles. The van der Waals surface area contributed by atoms with E-state index in [1.165, 1.54) is 19.3 Å². The summed E-state index contributed by atoms with van der Waals surface area (Å²) in [6.45, 7) is 3.87. The molecule has 2 aromatic heterocycles. The SMILES string of the molecule is c1nc(N2CCCCC2)c2ncn(CC3CCCO3)c2n1. The lowest BCUT2D eigenvalue weighted by atomic mass is 10.1. The van der Waals surface area contributed by atoms with E-state index in [1.807, 2.05) is 6.33 Å². The number of piperidine rings is 1. The molecular weight excluding hydrogens is 266 g/mol. The van der Waals surface area contributed by atoms with Crippen molar-refractivity contribution in [2.45, 2.75) is 44.8 Å². The summed E-state index contributed by atoms with van der Waals surface area (Å²) in [7, 11) is 0. The first kappa shape index (κ1) is 13.0. The van der Waals surface area contributed by atoms with Crippen molar-refractivity contribution in [1.29, 1.82) is 0 Å². The molecule has 2 aromatic rings. The van der Waals surface area contributed by atoms with Crippen LogP contribution in [0.15, 0.2) is 12.7 Å². The van der Waals surface area contributed by atoms with Gasteiger partial charge in [0, 0.05) is 19.7 Å². The first-order chi connectivity index (χ1) is 10.4. The van der Waals surface area contributed by atoms with Gasteiger partial charge in [-0.15, -0.1) is 0 Å². The quantitative estimate of drug-likeness (QED) is 0.864. The van der Waals surface area contributed by atoms with Crippen molar-refractivity contribution in [3.05, 3.63) is 12.7 Å². The second kappa shape index (κ2) is 5.60. The van der Waals surface area contributed by atoms with Crippen molar-refractivity contribution in [3.63, 3.8) is 0 Å². The van der Waals surface area contributed by atoms with Crippen LogP contribution in [-0.2, 0) is 11.3 Å². The van der Waals surface area contributed by atoms with Gasteiger partial charge in [-0.05, 0) is 32.1 Å². The number of aromatic nitrogens is 4. The first-order valence-corrected chi connectivity index (χ1v) is 7.94. The second-order valence-corrected chi connectivity index (χ2v) is 5.95. The number of hydrogen-bond donors (Lipinski definition) is 0. The van der Waals surface area contributed by atoms with Crippen molar-refractivity contribution in [3.8, 4) is 0 Å². The van der Waals surface area contributed by atoms with E-state index in [9.17, 15) is 0 Å². The monoisotopic (exact) mass is 287 g/mol. The van der Waals surface area contributed by atoms with Crippen molar-refractivity contribution in [1.82, 2.24) is 19.5 Å². The summed E-state index contributed by atoms with van der Waals surface area (Å²) >= 11 is 0. The third-order valence-corrected chi connectivity index (χ3v) is 4.46. The Morgan fingerprint density at radius 2 is 2.00 bits per heavy atom. The van der Waals surface area contributed by atoms with Crippen molar-refractivity contribution in [2.75, 3.05) is 24.6 Å². The molecule has 0 bridgehead atoms. The fraction of sp³-hybridized carbons (Fsp3) is 0.667. The van der Waals surface area contributed by atoms with E-state index < -0.39 is 0 Å². The van der Waals surface area contributed by atoms with Crippen molar-refractivity contribution >= 4 is 17.0 Å². The minimum Gasteiger partial charge on any atom is -0.376 e. The fourth-order valence-electron chi connectivity index (χ4n) is 3.35. The zero-order chi connectivity index (χ0) is 14.1. The molecule has 1 unspecified atom stereocenters. The lowest BCUT2D eigenvalue weighted by molar-refractivity contribution is 0.0978. The molecule has 0 N–H and O–H groups in total. The highest BCUT2D eigenvalue weighted by Gasteiger charge is 2.21. The number of hydrogen-bond acceptors (Lipinski definition) is 5. The summed E-state index contributed by atoms with van der Waals surface area (Å²) in [4.78, 5) is 15.9. The third kappa shape index (κ3) is 2.48. The van der Waals surface area contributed by atoms with Crippen LogP contribution in [0.25, 0.3) is 11.2 Å². The van der Waals surface area contributed by atoms with Gasteiger partial charge >= 0.3 is 0 Å². The molecular formula is C15H21N5O. The third-order valence-electron chi connectivity index (χ3n) is 4.46. The number of ether oxygens (including phenoxy) is 1. The minimum absolute atomic E-state index is 0.302. The molecule has 2 aliphatic heterocycles. The number of imidazole rings is 1. The maximum Gasteiger partial charge on any atom is 0.165 e. The standard InChI is InChI=1S/C15H21N5O/c1-2-6-19(7-3-1)14-13-15(17-10-16-14)20(11-18-13)9-12-5-4-8-21-12/h10-12H,1-9H2. The molecule has 112 valence electrons.